The van der Waals surface area contributed by atoms with Gasteiger partial charge >= 0.3 is 0 Å². The fourth-order valence-electron chi connectivity index (χ4n) is 4.04. The fraction of sp³-hybridized carbons (Fsp3) is 0.667. The molecule has 3 aliphatic carbocycles. The van der Waals surface area contributed by atoms with Crippen LogP contribution in [0.1, 0.15) is 37.9 Å². The quantitative estimate of drug-likeness (QED) is 0.941. The topological polar surface area (TPSA) is 64.3 Å². The normalized spacial score (nSPS) is 30.9. The van der Waals surface area contributed by atoms with Crippen molar-refractivity contribution in [1.82, 2.24) is 19.6 Å². The number of hydrogen-bond donors (Lipinski definition) is 1. The van der Waals surface area contributed by atoms with Crippen LogP contribution >= 0.6 is 11.6 Å². The van der Waals surface area contributed by atoms with Gasteiger partial charge in [0.2, 0.25) is 5.95 Å². The van der Waals surface area contributed by atoms with Crippen molar-refractivity contribution in [3.8, 4) is 0 Å². The molecule has 4 fully saturated rings. The smallest absolute Gasteiger partial charge is 0.241 e. The summed E-state index contributed by atoms with van der Waals surface area (Å²) in [7, 11) is 0. The molecule has 0 atom stereocenters. The van der Waals surface area contributed by atoms with Crippen molar-refractivity contribution < 1.29 is 4.74 Å². The largest absolute Gasteiger partial charge is 0.381 e. The molecular weight excluding hydrogens is 302 g/mol. The number of nitrogens with zero attached hydrogens (tertiary/aromatic N) is 4. The van der Waals surface area contributed by atoms with Gasteiger partial charge in [-0.15, -0.1) is 5.10 Å². The van der Waals surface area contributed by atoms with Crippen molar-refractivity contribution in [1.29, 1.82) is 0 Å². The Bertz CT molecular complexity index is 722. The van der Waals surface area contributed by atoms with Gasteiger partial charge in [0.25, 0.3) is 0 Å². The van der Waals surface area contributed by atoms with Gasteiger partial charge in [0, 0.05) is 24.7 Å². The molecule has 2 aromatic rings. The van der Waals surface area contributed by atoms with Gasteiger partial charge in [0.15, 0.2) is 5.15 Å². The number of imidazole rings is 1. The van der Waals surface area contributed by atoms with Gasteiger partial charge in [-0.25, -0.2) is 14.5 Å². The van der Waals surface area contributed by atoms with Gasteiger partial charge < -0.3 is 10.1 Å². The zero-order chi connectivity index (χ0) is 14.7. The molecular formula is C15H18ClN5O. The van der Waals surface area contributed by atoms with E-state index in [1.807, 2.05) is 4.52 Å². The third kappa shape index (κ3) is 1.80. The minimum absolute atomic E-state index is 0.227. The van der Waals surface area contributed by atoms with Crippen LogP contribution in [0.25, 0.3) is 5.52 Å². The average Bonchev–Trinajstić information content (AvgIpc) is 2.74. The average molecular weight is 320 g/mol. The molecule has 7 heteroatoms. The zero-order valence-electron chi connectivity index (χ0n) is 12.3. The Balaban J connectivity index is 1.50. The summed E-state index contributed by atoms with van der Waals surface area (Å²) in [4.78, 5) is 8.99. The molecule has 6 rings (SSSR count). The highest BCUT2D eigenvalue weighted by Crippen LogP contribution is 2.64. The summed E-state index contributed by atoms with van der Waals surface area (Å²) in [6, 6.07) is 0.378. The van der Waals surface area contributed by atoms with E-state index in [2.05, 4.69) is 20.4 Å². The Labute approximate surface area is 133 Å². The molecule has 0 spiro atoms. The van der Waals surface area contributed by atoms with Crippen molar-refractivity contribution in [3.63, 3.8) is 0 Å². The SMILES string of the molecule is Clc1nc(C23CC(C2)C3)n2nc(NC3CCOCC3)ncc12. The molecule has 1 N–H and O–H groups in total. The third-order valence-electron chi connectivity index (χ3n) is 5.42. The Morgan fingerprint density at radius 3 is 2.73 bits per heavy atom. The van der Waals surface area contributed by atoms with Crippen molar-refractivity contribution in [3.05, 3.63) is 17.2 Å². The summed E-state index contributed by atoms with van der Waals surface area (Å²) in [6.07, 6.45) is 7.45. The number of nitrogens with one attached hydrogen (secondary N) is 1. The van der Waals surface area contributed by atoms with Crippen LogP contribution in [-0.4, -0.2) is 38.8 Å². The first kappa shape index (κ1) is 13.1. The van der Waals surface area contributed by atoms with E-state index in [1.54, 1.807) is 6.20 Å². The van der Waals surface area contributed by atoms with E-state index in [-0.39, 0.29) is 5.41 Å². The van der Waals surface area contributed by atoms with E-state index in [0.717, 1.165) is 43.3 Å². The van der Waals surface area contributed by atoms with Crippen LogP contribution in [0.3, 0.4) is 0 Å². The van der Waals surface area contributed by atoms with Crippen LogP contribution in [0.4, 0.5) is 5.95 Å². The molecule has 3 heterocycles. The van der Waals surface area contributed by atoms with Crippen LogP contribution in [0.5, 0.6) is 0 Å². The maximum absolute atomic E-state index is 6.28. The molecule has 2 aromatic heterocycles. The van der Waals surface area contributed by atoms with Crippen LogP contribution < -0.4 is 5.32 Å². The number of aromatic nitrogens is 4. The Hall–Kier alpha value is -1.40. The highest BCUT2D eigenvalue weighted by Gasteiger charge is 2.60. The highest BCUT2D eigenvalue weighted by atomic mass is 35.5. The summed E-state index contributed by atoms with van der Waals surface area (Å²) in [5.41, 5.74) is 1.03. The number of rotatable bonds is 3. The number of fused-ring (bicyclic) bond motifs is 1. The van der Waals surface area contributed by atoms with Crippen molar-refractivity contribution in [2.24, 2.45) is 5.92 Å². The van der Waals surface area contributed by atoms with Crippen LogP contribution in [0, 0.1) is 5.92 Å². The second-order valence-electron chi connectivity index (χ2n) is 6.89. The number of hydrogen-bond acceptors (Lipinski definition) is 5. The minimum Gasteiger partial charge on any atom is -0.381 e. The van der Waals surface area contributed by atoms with Gasteiger partial charge in [0.05, 0.1) is 6.20 Å². The van der Waals surface area contributed by atoms with Crippen molar-refractivity contribution in [2.45, 2.75) is 43.6 Å². The Morgan fingerprint density at radius 2 is 2.05 bits per heavy atom. The van der Waals surface area contributed by atoms with Crippen LogP contribution in [0.15, 0.2) is 6.20 Å². The highest BCUT2D eigenvalue weighted by molar-refractivity contribution is 6.32. The van der Waals surface area contributed by atoms with E-state index in [4.69, 9.17) is 16.3 Å². The lowest BCUT2D eigenvalue weighted by molar-refractivity contribution is -0.0357. The maximum Gasteiger partial charge on any atom is 0.241 e. The summed E-state index contributed by atoms with van der Waals surface area (Å²) in [5, 5.41) is 8.60. The molecule has 0 unspecified atom stereocenters. The van der Waals surface area contributed by atoms with Gasteiger partial charge in [-0.3, -0.25) is 0 Å². The first-order valence-electron chi connectivity index (χ1n) is 8.00. The lowest BCUT2D eigenvalue weighted by atomic mass is 9.44. The van der Waals surface area contributed by atoms with Crippen LogP contribution in [-0.2, 0) is 10.2 Å². The second-order valence-corrected chi connectivity index (χ2v) is 7.25. The summed E-state index contributed by atoms with van der Waals surface area (Å²) < 4.78 is 7.30. The predicted octanol–water partition coefficient (Wildman–Crippen LogP) is 2.42. The zero-order valence-corrected chi connectivity index (χ0v) is 13.0. The first-order valence-corrected chi connectivity index (χ1v) is 8.37. The van der Waals surface area contributed by atoms with E-state index in [9.17, 15) is 0 Å². The lowest BCUT2D eigenvalue weighted by Gasteiger charge is -2.60. The molecule has 0 radical (unpaired) electrons. The molecule has 4 aliphatic rings. The standard InChI is InChI=1S/C15H18ClN5O/c16-12-11-8-17-14(18-10-1-3-22-4-2-10)20-21(11)13(19-12)15-5-9(6-15)7-15/h8-10H,1-7H2,(H,18,20). The van der Waals surface area contributed by atoms with Crippen LogP contribution in [0.2, 0.25) is 5.15 Å². The molecule has 6 nitrogen and oxygen atoms in total. The van der Waals surface area contributed by atoms with E-state index in [1.165, 1.54) is 19.3 Å². The summed E-state index contributed by atoms with van der Waals surface area (Å²) in [6.45, 7) is 1.60. The molecule has 1 aliphatic heterocycles. The molecule has 3 saturated carbocycles. The molecule has 0 amide bonds. The summed E-state index contributed by atoms with van der Waals surface area (Å²) >= 11 is 6.28. The predicted molar refractivity (Wildman–Crippen MR) is 82.3 cm³/mol. The number of anilines is 1. The van der Waals surface area contributed by atoms with Crippen molar-refractivity contribution >= 4 is 23.1 Å². The number of ether oxygens (including phenoxy) is 1. The second kappa shape index (κ2) is 4.55. The molecule has 22 heavy (non-hydrogen) atoms. The lowest BCUT2D eigenvalue weighted by Crippen LogP contribution is -2.56. The Morgan fingerprint density at radius 1 is 1.27 bits per heavy atom. The van der Waals surface area contributed by atoms with Gasteiger partial charge in [-0.05, 0) is 38.0 Å². The molecule has 116 valence electrons. The minimum atomic E-state index is 0.227. The summed E-state index contributed by atoms with van der Waals surface area (Å²) in [5.74, 6) is 2.57. The third-order valence-corrected chi connectivity index (χ3v) is 5.69. The van der Waals surface area contributed by atoms with E-state index >= 15 is 0 Å². The van der Waals surface area contributed by atoms with E-state index in [0.29, 0.717) is 17.1 Å². The Kier molecular flexibility index (Phi) is 2.71. The maximum atomic E-state index is 6.28. The monoisotopic (exact) mass is 319 g/mol. The van der Waals surface area contributed by atoms with E-state index < -0.39 is 0 Å². The fourth-order valence-corrected chi connectivity index (χ4v) is 4.25. The van der Waals surface area contributed by atoms with Crippen molar-refractivity contribution in [2.75, 3.05) is 18.5 Å². The van der Waals surface area contributed by atoms with Gasteiger partial charge in [-0.2, -0.15) is 0 Å². The molecule has 1 saturated heterocycles. The van der Waals surface area contributed by atoms with Gasteiger partial charge in [0.1, 0.15) is 11.3 Å². The molecule has 0 aromatic carbocycles. The molecule has 2 bridgehead atoms. The number of halogens is 1. The first-order chi connectivity index (χ1) is 10.7. The van der Waals surface area contributed by atoms with Gasteiger partial charge in [-0.1, -0.05) is 11.6 Å².